The van der Waals surface area contributed by atoms with Crippen molar-refractivity contribution in [2.75, 3.05) is 26.2 Å². The van der Waals surface area contributed by atoms with Crippen LogP contribution in [0.2, 0.25) is 0 Å². The van der Waals surface area contributed by atoms with Gasteiger partial charge in [0.15, 0.2) is 0 Å². The van der Waals surface area contributed by atoms with Gasteiger partial charge in [-0.15, -0.1) is 11.3 Å². The van der Waals surface area contributed by atoms with Crippen LogP contribution >= 0.6 is 22.7 Å². The van der Waals surface area contributed by atoms with E-state index in [0.717, 1.165) is 59.8 Å². The average molecular weight is 420 g/mol. The normalized spacial score (nSPS) is 15.1. The molecule has 1 aliphatic heterocycles. The molecule has 3 aromatic heterocycles. The Morgan fingerprint density at radius 3 is 2.62 bits per heavy atom. The summed E-state index contributed by atoms with van der Waals surface area (Å²) in [6.45, 7) is 4.29. The van der Waals surface area contributed by atoms with Crippen molar-refractivity contribution in [1.82, 2.24) is 14.8 Å². The summed E-state index contributed by atoms with van der Waals surface area (Å²) < 4.78 is 0. The molecule has 6 heteroatoms. The van der Waals surface area contributed by atoms with Gasteiger partial charge < -0.3 is 4.90 Å². The lowest BCUT2D eigenvalue weighted by Gasteiger charge is -2.34. The van der Waals surface area contributed by atoms with Crippen molar-refractivity contribution in [3.63, 3.8) is 0 Å². The van der Waals surface area contributed by atoms with Crippen LogP contribution in [-0.2, 0) is 6.54 Å². The number of carbonyl (C=O) groups excluding carboxylic acids is 1. The fraction of sp³-hybridized carbons (Fsp3) is 0.217. The van der Waals surface area contributed by atoms with E-state index in [2.05, 4.69) is 27.8 Å². The van der Waals surface area contributed by atoms with E-state index in [0.29, 0.717) is 0 Å². The number of carbonyl (C=O) groups is 1. The monoisotopic (exact) mass is 419 g/mol. The Morgan fingerprint density at radius 1 is 1.00 bits per heavy atom. The maximum atomic E-state index is 13.4. The number of piperazine rings is 1. The van der Waals surface area contributed by atoms with Gasteiger partial charge in [0.1, 0.15) is 0 Å². The lowest BCUT2D eigenvalue weighted by atomic mass is 10.1. The molecule has 1 fully saturated rings. The molecule has 0 radical (unpaired) electrons. The zero-order valence-corrected chi connectivity index (χ0v) is 17.6. The molecule has 29 heavy (non-hydrogen) atoms. The number of pyridine rings is 1. The number of para-hydroxylation sites is 1. The van der Waals surface area contributed by atoms with E-state index in [9.17, 15) is 4.79 Å². The summed E-state index contributed by atoms with van der Waals surface area (Å²) in [4.78, 5) is 23.7. The molecule has 0 spiro atoms. The van der Waals surface area contributed by atoms with Crippen LogP contribution in [0.15, 0.2) is 64.7 Å². The van der Waals surface area contributed by atoms with Crippen LogP contribution in [-0.4, -0.2) is 46.9 Å². The van der Waals surface area contributed by atoms with Crippen molar-refractivity contribution in [3.05, 3.63) is 75.8 Å². The molecule has 0 N–H and O–H groups in total. The van der Waals surface area contributed by atoms with Gasteiger partial charge in [-0.25, -0.2) is 4.98 Å². The highest BCUT2D eigenvalue weighted by atomic mass is 32.1. The predicted molar refractivity (Wildman–Crippen MR) is 121 cm³/mol. The molecular formula is C23H21N3OS2. The van der Waals surface area contributed by atoms with Crippen LogP contribution in [0.5, 0.6) is 0 Å². The maximum absolute atomic E-state index is 13.4. The molecule has 0 unspecified atom stereocenters. The average Bonchev–Trinajstić information content (AvgIpc) is 3.47. The molecule has 5 rings (SSSR count). The van der Waals surface area contributed by atoms with Gasteiger partial charge in [-0.2, -0.15) is 11.3 Å². The Kier molecular flexibility index (Phi) is 5.14. The summed E-state index contributed by atoms with van der Waals surface area (Å²) in [5.41, 5.74) is 3.86. The standard InChI is InChI=1S/C23H21N3OS2/c27-23(26-10-8-25(9-11-26)15-17-7-13-28-16-17)19-14-21(22-6-3-12-29-22)24-20-5-2-1-4-18(19)20/h1-7,12-14,16H,8-11,15H2. The molecular weight excluding hydrogens is 398 g/mol. The Hall–Kier alpha value is -2.54. The maximum Gasteiger partial charge on any atom is 0.254 e. The Labute approximate surface area is 178 Å². The molecule has 1 amide bonds. The minimum Gasteiger partial charge on any atom is -0.336 e. The lowest BCUT2D eigenvalue weighted by molar-refractivity contribution is 0.0630. The number of rotatable bonds is 4. The van der Waals surface area contributed by atoms with Crippen molar-refractivity contribution in [2.24, 2.45) is 0 Å². The van der Waals surface area contributed by atoms with E-state index in [4.69, 9.17) is 4.98 Å². The Bertz CT molecular complexity index is 1110. The Morgan fingerprint density at radius 2 is 1.86 bits per heavy atom. The first-order valence-electron chi connectivity index (χ1n) is 9.74. The highest BCUT2D eigenvalue weighted by molar-refractivity contribution is 7.13. The van der Waals surface area contributed by atoms with Crippen LogP contribution in [0.1, 0.15) is 15.9 Å². The number of hydrogen-bond acceptors (Lipinski definition) is 5. The molecule has 0 atom stereocenters. The van der Waals surface area contributed by atoms with Gasteiger partial charge in [-0.1, -0.05) is 24.3 Å². The zero-order valence-electron chi connectivity index (χ0n) is 16.0. The van der Waals surface area contributed by atoms with Crippen molar-refractivity contribution in [1.29, 1.82) is 0 Å². The van der Waals surface area contributed by atoms with Crippen molar-refractivity contribution in [3.8, 4) is 10.6 Å². The summed E-state index contributed by atoms with van der Waals surface area (Å²) in [6, 6.07) is 16.2. The van der Waals surface area contributed by atoms with Gasteiger partial charge in [0.25, 0.3) is 5.91 Å². The highest BCUT2D eigenvalue weighted by Crippen LogP contribution is 2.28. The van der Waals surface area contributed by atoms with Gasteiger partial charge in [0.05, 0.1) is 21.7 Å². The number of fused-ring (bicyclic) bond motifs is 1. The third-order valence-corrected chi connectivity index (χ3v) is 6.99. The number of amides is 1. The van der Waals surface area contributed by atoms with Crippen LogP contribution < -0.4 is 0 Å². The number of hydrogen-bond donors (Lipinski definition) is 0. The summed E-state index contributed by atoms with van der Waals surface area (Å²) in [5, 5.41) is 7.29. The van der Waals surface area contributed by atoms with Crippen LogP contribution in [0.4, 0.5) is 0 Å². The minimum absolute atomic E-state index is 0.108. The molecule has 0 aliphatic carbocycles. The lowest BCUT2D eigenvalue weighted by Crippen LogP contribution is -2.48. The molecule has 1 saturated heterocycles. The van der Waals surface area contributed by atoms with Gasteiger partial charge in [0.2, 0.25) is 0 Å². The van der Waals surface area contributed by atoms with Crippen LogP contribution in [0, 0.1) is 0 Å². The van der Waals surface area contributed by atoms with Crippen molar-refractivity contribution < 1.29 is 4.79 Å². The minimum atomic E-state index is 0.108. The Balaban J connectivity index is 1.39. The van der Waals surface area contributed by atoms with Gasteiger partial charge >= 0.3 is 0 Å². The molecule has 1 aliphatic rings. The van der Waals surface area contributed by atoms with Crippen molar-refractivity contribution in [2.45, 2.75) is 6.54 Å². The summed E-state index contributed by atoms with van der Waals surface area (Å²) >= 11 is 3.39. The number of thiophene rings is 2. The molecule has 4 nitrogen and oxygen atoms in total. The summed E-state index contributed by atoms with van der Waals surface area (Å²) in [6.07, 6.45) is 0. The van der Waals surface area contributed by atoms with E-state index in [1.807, 2.05) is 46.7 Å². The highest BCUT2D eigenvalue weighted by Gasteiger charge is 2.24. The summed E-state index contributed by atoms with van der Waals surface area (Å²) in [5.74, 6) is 0.108. The van der Waals surface area contributed by atoms with Crippen molar-refractivity contribution >= 4 is 39.5 Å². The van der Waals surface area contributed by atoms with E-state index in [-0.39, 0.29) is 5.91 Å². The van der Waals surface area contributed by atoms with Gasteiger partial charge in [-0.3, -0.25) is 9.69 Å². The molecule has 0 bridgehead atoms. The SMILES string of the molecule is O=C(c1cc(-c2cccs2)nc2ccccc12)N1CCN(Cc2ccsc2)CC1. The first kappa shape index (κ1) is 18.5. The van der Waals surface area contributed by atoms with E-state index in [1.54, 1.807) is 22.7 Å². The number of aromatic nitrogens is 1. The molecule has 4 heterocycles. The van der Waals surface area contributed by atoms with E-state index >= 15 is 0 Å². The third kappa shape index (κ3) is 3.83. The fourth-order valence-corrected chi connectivity index (χ4v) is 5.17. The topological polar surface area (TPSA) is 36.4 Å². The molecule has 1 aromatic carbocycles. The van der Waals surface area contributed by atoms with E-state index < -0.39 is 0 Å². The third-order valence-electron chi connectivity index (χ3n) is 5.37. The smallest absolute Gasteiger partial charge is 0.254 e. The second-order valence-corrected chi connectivity index (χ2v) is 8.98. The number of benzene rings is 1. The largest absolute Gasteiger partial charge is 0.336 e. The predicted octanol–water partition coefficient (Wildman–Crippen LogP) is 4.98. The molecule has 146 valence electrons. The number of nitrogens with zero attached hydrogens (tertiary/aromatic N) is 3. The van der Waals surface area contributed by atoms with Crippen LogP contribution in [0.25, 0.3) is 21.5 Å². The van der Waals surface area contributed by atoms with Crippen LogP contribution in [0.3, 0.4) is 0 Å². The fourth-order valence-electron chi connectivity index (χ4n) is 3.82. The van der Waals surface area contributed by atoms with Gasteiger partial charge in [-0.05, 0) is 46.0 Å². The summed E-state index contributed by atoms with van der Waals surface area (Å²) in [7, 11) is 0. The zero-order chi connectivity index (χ0) is 19.6. The first-order chi connectivity index (χ1) is 14.3. The first-order valence-corrected chi connectivity index (χ1v) is 11.6. The second-order valence-electron chi connectivity index (χ2n) is 7.25. The molecule has 4 aromatic rings. The molecule has 0 saturated carbocycles. The second kappa shape index (κ2) is 8.06. The van der Waals surface area contributed by atoms with Gasteiger partial charge in [0, 0.05) is 38.1 Å². The van der Waals surface area contributed by atoms with E-state index in [1.165, 1.54) is 5.56 Å². The quantitative estimate of drug-likeness (QED) is 0.468.